The van der Waals surface area contributed by atoms with Crippen LogP contribution in [0, 0.1) is 0 Å². The molecular weight excluding hydrogens is 349 g/mol. The maximum absolute atomic E-state index is 13.1. The zero-order valence-corrected chi connectivity index (χ0v) is 14.1. The number of rotatable bonds is 4. The SMILES string of the molecule is COc1cccc([C@@H]2Nc3ccccc3C(=O)N2CC(F)(F)F)c1OC. The van der Waals surface area contributed by atoms with Gasteiger partial charge in [-0.2, -0.15) is 13.2 Å². The molecule has 1 N–H and O–H groups in total. The number of anilines is 1. The largest absolute Gasteiger partial charge is 0.493 e. The van der Waals surface area contributed by atoms with Gasteiger partial charge in [-0.05, 0) is 18.2 Å². The Kier molecular flexibility index (Phi) is 4.67. The predicted octanol–water partition coefficient (Wildman–Crippen LogP) is 3.83. The molecule has 0 bridgehead atoms. The second-order valence-corrected chi connectivity index (χ2v) is 5.72. The Morgan fingerprint density at radius 1 is 1.08 bits per heavy atom. The normalized spacial score (nSPS) is 16.7. The lowest BCUT2D eigenvalue weighted by molar-refractivity contribution is -0.144. The number of amides is 1. The summed E-state index contributed by atoms with van der Waals surface area (Å²) in [6.07, 6.45) is -5.60. The van der Waals surface area contributed by atoms with E-state index >= 15 is 0 Å². The molecular formula is C18H17F3N2O3. The number of methoxy groups -OCH3 is 2. The minimum atomic E-state index is -4.55. The number of halogens is 3. The van der Waals surface area contributed by atoms with Gasteiger partial charge in [0.2, 0.25) is 0 Å². The summed E-state index contributed by atoms with van der Waals surface area (Å²) in [5, 5.41) is 3.01. The van der Waals surface area contributed by atoms with Gasteiger partial charge in [-0.1, -0.05) is 24.3 Å². The van der Waals surface area contributed by atoms with Crippen molar-refractivity contribution >= 4 is 11.6 Å². The molecule has 1 aliphatic rings. The highest BCUT2D eigenvalue weighted by Crippen LogP contribution is 2.41. The predicted molar refractivity (Wildman–Crippen MR) is 89.4 cm³/mol. The van der Waals surface area contributed by atoms with Crippen molar-refractivity contribution in [2.24, 2.45) is 0 Å². The lowest BCUT2D eigenvalue weighted by Crippen LogP contribution is -2.47. The number of nitrogens with one attached hydrogen (secondary N) is 1. The molecule has 1 heterocycles. The quantitative estimate of drug-likeness (QED) is 0.894. The molecule has 0 saturated carbocycles. The summed E-state index contributed by atoms with van der Waals surface area (Å²) in [5.41, 5.74) is 1.03. The van der Waals surface area contributed by atoms with E-state index in [4.69, 9.17) is 9.47 Å². The van der Waals surface area contributed by atoms with Crippen LogP contribution in [0.15, 0.2) is 42.5 Å². The summed E-state index contributed by atoms with van der Waals surface area (Å²) in [4.78, 5) is 13.5. The number of hydrogen-bond donors (Lipinski definition) is 1. The van der Waals surface area contributed by atoms with Crippen molar-refractivity contribution in [2.45, 2.75) is 12.3 Å². The van der Waals surface area contributed by atoms with Crippen LogP contribution in [0.3, 0.4) is 0 Å². The van der Waals surface area contributed by atoms with Gasteiger partial charge in [0.25, 0.3) is 5.91 Å². The van der Waals surface area contributed by atoms with E-state index in [2.05, 4.69) is 5.32 Å². The second kappa shape index (κ2) is 6.78. The first-order chi connectivity index (χ1) is 12.4. The topological polar surface area (TPSA) is 50.8 Å². The van der Waals surface area contributed by atoms with E-state index < -0.39 is 24.8 Å². The molecule has 0 aromatic heterocycles. The van der Waals surface area contributed by atoms with Gasteiger partial charge in [-0.25, -0.2) is 0 Å². The Labute approximate surface area is 148 Å². The number of para-hydroxylation sites is 2. The molecule has 0 spiro atoms. The number of nitrogens with zero attached hydrogens (tertiary/aromatic N) is 1. The lowest BCUT2D eigenvalue weighted by Gasteiger charge is -2.39. The van der Waals surface area contributed by atoms with Crippen molar-refractivity contribution in [3.05, 3.63) is 53.6 Å². The van der Waals surface area contributed by atoms with E-state index in [0.29, 0.717) is 17.0 Å². The molecule has 138 valence electrons. The minimum absolute atomic E-state index is 0.190. The molecule has 1 aliphatic heterocycles. The van der Waals surface area contributed by atoms with Crippen LogP contribution in [0.5, 0.6) is 11.5 Å². The van der Waals surface area contributed by atoms with Gasteiger partial charge in [0.1, 0.15) is 12.7 Å². The van der Waals surface area contributed by atoms with Crippen LogP contribution < -0.4 is 14.8 Å². The molecule has 0 aliphatic carbocycles. The van der Waals surface area contributed by atoms with Crippen molar-refractivity contribution in [3.8, 4) is 11.5 Å². The number of fused-ring (bicyclic) bond motifs is 1. The summed E-state index contributed by atoms with van der Waals surface area (Å²) < 4.78 is 49.9. The average Bonchev–Trinajstić information content (AvgIpc) is 2.62. The van der Waals surface area contributed by atoms with E-state index in [-0.39, 0.29) is 11.3 Å². The van der Waals surface area contributed by atoms with Crippen LogP contribution in [0.4, 0.5) is 18.9 Å². The third-order valence-corrected chi connectivity index (χ3v) is 4.10. The molecule has 0 radical (unpaired) electrons. The van der Waals surface area contributed by atoms with Crippen LogP contribution in [0.1, 0.15) is 22.1 Å². The van der Waals surface area contributed by atoms with Crippen LogP contribution in [0.25, 0.3) is 0 Å². The minimum Gasteiger partial charge on any atom is -0.493 e. The van der Waals surface area contributed by atoms with E-state index in [0.717, 1.165) is 4.90 Å². The van der Waals surface area contributed by atoms with Crippen LogP contribution in [-0.2, 0) is 0 Å². The van der Waals surface area contributed by atoms with Crippen molar-refractivity contribution in [2.75, 3.05) is 26.1 Å². The first-order valence-corrected chi connectivity index (χ1v) is 7.80. The summed E-state index contributed by atoms with van der Waals surface area (Å²) in [6, 6.07) is 11.3. The highest BCUT2D eigenvalue weighted by Gasteiger charge is 2.41. The summed E-state index contributed by atoms with van der Waals surface area (Å²) in [7, 11) is 2.83. The summed E-state index contributed by atoms with van der Waals surface area (Å²) in [5.74, 6) is -0.0662. The number of alkyl halides is 3. The van der Waals surface area contributed by atoms with Crippen molar-refractivity contribution in [3.63, 3.8) is 0 Å². The van der Waals surface area contributed by atoms with E-state index in [1.807, 2.05) is 0 Å². The molecule has 2 aromatic carbocycles. The zero-order valence-electron chi connectivity index (χ0n) is 14.1. The van der Waals surface area contributed by atoms with E-state index in [1.54, 1.807) is 36.4 Å². The third-order valence-electron chi connectivity index (χ3n) is 4.10. The maximum Gasteiger partial charge on any atom is 0.406 e. The van der Waals surface area contributed by atoms with Gasteiger partial charge < -0.3 is 19.7 Å². The van der Waals surface area contributed by atoms with Crippen molar-refractivity contribution in [1.29, 1.82) is 0 Å². The monoisotopic (exact) mass is 366 g/mol. The Bertz CT molecular complexity index is 824. The van der Waals surface area contributed by atoms with Crippen LogP contribution in [0.2, 0.25) is 0 Å². The standard InChI is InChI=1S/C18H17F3N2O3/c1-25-14-9-5-7-12(15(14)26-2)16-22-13-8-4-3-6-11(13)17(24)23(16)10-18(19,20)21/h3-9,16,22H,10H2,1-2H3/t16-/m1/s1. The second-order valence-electron chi connectivity index (χ2n) is 5.72. The molecule has 26 heavy (non-hydrogen) atoms. The highest BCUT2D eigenvalue weighted by atomic mass is 19.4. The van der Waals surface area contributed by atoms with Crippen LogP contribution in [-0.4, -0.2) is 37.7 Å². The Morgan fingerprint density at radius 2 is 1.81 bits per heavy atom. The Morgan fingerprint density at radius 3 is 2.46 bits per heavy atom. The summed E-state index contributed by atoms with van der Waals surface area (Å²) >= 11 is 0. The molecule has 1 amide bonds. The van der Waals surface area contributed by atoms with E-state index in [9.17, 15) is 18.0 Å². The first kappa shape index (κ1) is 17.9. The maximum atomic E-state index is 13.1. The molecule has 0 saturated heterocycles. The van der Waals surface area contributed by atoms with Crippen molar-refractivity contribution in [1.82, 2.24) is 4.90 Å². The van der Waals surface area contributed by atoms with Gasteiger partial charge in [-0.15, -0.1) is 0 Å². The highest BCUT2D eigenvalue weighted by molar-refractivity contribution is 6.01. The molecule has 1 atom stereocenters. The number of hydrogen-bond acceptors (Lipinski definition) is 4. The van der Waals surface area contributed by atoms with Gasteiger partial charge in [0, 0.05) is 11.3 Å². The molecule has 2 aromatic rings. The Balaban J connectivity index is 2.13. The number of carbonyl (C=O) groups is 1. The fourth-order valence-electron chi connectivity index (χ4n) is 3.02. The lowest BCUT2D eigenvalue weighted by atomic mass is 10.0. The molecule has 5 nitrogen and oxygen atoms in total. The van der Waals surface area contributed by atoms with Crippen LogP contribution >= 0.6 is 0 Å². The average molecular weight is 366 g/mol. The van der Waals surface area contributed by atoms with Gasteiger partial charge in [-0.3, -0.25) is 4.79 Å². The smallest absolute Gasteiger partial charge is 0.406 e. The fraction of sp³-hybridized carbons (Fsp3) is 0.278. The molecule has 0 unspecified atom stereocenters. The summed E-state index contributed by atoms with van der Waals surface area (Å²) in [6.45, 7) is -1.39. The number of carbonyl (C=O) groups excluding carboxylic acids is 1. The molecule has 3 rings (SSSR count). The van der Waals surface area contributed by atoms with Gasteiger partial charge in [0.05, 0.1) is 19.8 Å². The third kappa shape index (κ3) is 3.26. The Hall–Kier alpha value is -2.90. The number of benzene rings is 2. The fourth-order valence-corrected chi connectivity index (χ4v) is 3.02. The molecule has 0 fully saturated rings. The molecule has 8 heteroatoms. The van der Waals surface area contributed by atoms with Gasteiger partial charge >= 0.3 is 6.18 Å². The zero-order chi connectivity index (χ0) is 18.9. The number of ether oxygens (including phenoxy) is 2. The first-order valence-electron chi connectivity index (χ1n) is 7.80. The van der Waals surface area contributed by atoms with Gasteiger partial charge in [0.15, 0.2) is 11.5 Å². The van der Waals surface area contributed by atoms with E-state index in [1.165, 1.54) is 20.3 Å². The van der Waals surface area contributed by atoms with Crippen molar-refractivity contribution < 1.29 is 27.4 Å².